The molecule has 1 heterocycles. The standard InChI is InChI=1S/C19H17N3O5S/c1-2-27-18(24)12-21-15-9-8-14(22(25)26)11-16(15)28-19(21)20-17(23)10-13-6-4-3-5-7-13/h3-9,11H,2,10,12H2,1H3. The number of hydrogen-bond acceptors (Lipinski definition) is 6. The molecule has 0 radical (unpaired) electrons. The van der Waals surface area contributed by atoms with E-state index in [0.717, 1.165) is 16.9 Å². The fourth-order valence-electron chi connectivity index (χ4n) is 2.67. The van der Waals surface area contributed by atoms with Crippen LogP contribution in [0.3, 0.4) is 0 Å². The molecule has 0 fully saturated rings. The molecular formula is C19H17N3O5S. The predicted octanol–water partition coefficient (Wildman–Crippen LogP) is 2.84. The van der Waals surface area contributed by atoms with Gasteiger partial charge in [0.15, 0.2) is 4.80 Å². The van der Waals surface area contributed by atoms with E-state index >= 15 is 0 Å². The smallest absolute Gasteiger partial charge is 0.326 e. The van der Waals surface area contributed by atoms with E-state index in [1.54, 1.807) is 17.6 Å². The first-order chi connectivity index (χ1) is 13.5. The summed E-state index contributed by atoms with van der Waals surface area (Å²) in [5.74, 6) is -0.845. The molecule has 1 amide bonds. The quantitative estimate of drug-likeness (QED) is 0.360. The van der Waals surface area contributed by atoms with E-state index in [9.17, 15) is 19.7 Å². The number of ether oxygens (including phenoxy) is 1. The molecule has 0 spiro atoms. The number of amides is 1. The zero-order valence-electron chi connectivity index (χ0n) is 15.0. The molecule has 0 aliphatic rings. The zero-order valence-corrected chi connectivity index (χ0v) is 15.8. The van der Waals surface area contributed by atoms with E-state index in [0.29, 0.717) is 15.0 Å². The van der Waals surface area contributed by atoms with Crippen molar-refractivity contribution in [1.82, 2.24) is 4.57 Å². The summed E-state index contributed by atoms with van der Waals surface area (Å²) in [6.45, 7) is 1.79. The van der Waals surface area contributed by atoms with Crippen molar-refractivity contribution in [3.05, 3.63) is 69.0 Å². The number of benzene rings is 2. The molecule has 28 heavy (non-hydrogen) atoms. The van der Waals surface area contributed by atoms with Crippen LogP contribution in [0.5, 0.6) is 0 Å². The van der Waals surface area contributed by atoms with Gasteiger partial charge in [0.2, 0.25) is 0 Å². The molecule has 2 aromatic carbocycles. The van der Waals surface area contributed by atoms with Crippen LogP contribution in [-0.4, -0.2) is 28.0 Å². The second-order valence-corrected chi connectivity index (χ2v) is 6.86. The van der Waals surface area contributed by atoms with Crippen molar-refractivity contribution in [1.29, 1.82) is 0 Å². The molecule has 0 saturated carbocycles. The molecule has 144 valence electrons. The molecular weight excluding hydrogens is 382 g/mol. The summed E-state index contributed by atoms with van der Waals surface area (Å²) in [4.78, 5) is 39.4. The maximum absolute atomic E-state index is 12.4. The molecule has 0 aliphatic heterocycles. The van der Waals surface area contributed by atoms with E-state index in [4.69, 9.17) is 4.74 Å². The molecule has 0 atom stereocenters. The van der Waals surface area contributed by atoms with Crippen LogP contribution in [0, 0.1) is 10.1 Å². The highest BCUT2D eigenvalue weighted by atomic mass is 32.1. The maximum Gasteiger partial charge on any atom is 0.326 e. The second-order valence-electron chi connectivity index (χ2n) is 5.85. The van der Waals surface area contributed by atoms with Gasteiger partial charge in [-0.3, -0.25) is 19.7 Å². The lowest BCUT2D eigenvalue weighted by atomic mass is 10.1. The number of thiazole rings is 1. The summed E-state index contributed by atoms with van der Waals surface area (Å²) in [5, 5.41) is 11.0. The van der Waals surface area contributed by atoms with E-state index < -0.39 is 10.9 Å². The molecule has 1 aromatic heterocycles. The van der Waals surface area contributed by atoms with Gasteiger partial charge in [-0.15, -0.1) is 0 Å². The minimum absolute atomic E-state index is 0.0702. The van der Waals surface area contributed by atoms with E-state index in [1.807, 2.05) is 30.3 Å². The van der Waals surface area contributed by atoms with E-state index in [1.165, 1.54) is 12.1 Å². The largest absolute Gasteiger partial charge is 0.465 e. The van der Waals surface area contributed by atoms with Crippen molar-refractivity contribution in [2.24, 2.45) is 4.99 Å². The van der Waals surface area contributed by atoms with Gasteiger partial charge in [0.1, 0.15) is 6.54 Å². The summed E-state index contributed by atoms with van der Waals surface area (Å²) in [5.41, 5.74) is 1.33. The number of rotatable bonds is 6. The van der Waals surface area contributed by atoms with Gasteiger partial charge in [-0.05, 0) is 18.6 Å². The number of carbonyl (C=O) groups is 2. The fourth-order valence-corrected chi connectivity index (χ4v) is 3.75. The third kappa shape index (κ3) is 4.49. The van der Waals surface area contributed by atoms with E-state index in [-0.39, 0.29) is 31.2 Å². The molecule has 0 aliphatic carbocycles. The zero-order chi connectivity index (χ0) is 20.1. The average Bonchev–Trinajstić information content (AvgIpc) is 2.98. The van der Waals surface area contributed by atoms with Gasteiger partial charge in [0.25, 0.3) is 11.6 Å². The summed E-state index contributed by atoms with van der Waals surface area (Å²) >= 11 is 1.12. The van der Waals surface area contributed by atoms with Crippen LogP contribution in [-0.2, 0) is 27.3 Å². The molecule has 0 bridgehead atoms. The fraction of sp³-hybridized carbons (Fsp3) is 0.211. The Labute approximate surface area is 163 Å². The van der Waals surface area contributed by atoms with Crippen LogP contribution in [0.15, 0.2) is 53.5 Å². The Kier molecular flexibility index (Phi) is 5.95. The maximum atomic E-state index is 12.4. The first-order valence-electron chi connectivity index (χ1n) is 8.53. The van der Waals surface area contributed by atoms with Crippen molar-refractivity contribution in [3.63, 3.8) is 0 Å². The minimum atomic E-state index is -0.494. The van der Waals surface area contributed by atoms with Crippen molar-refractivity contribution in [2.75, 3.05) is 6.61 Å². The summed E-state index contributed by atoms with van der Waals surface area (Å²) in [6.07, 6.45) is 0.120. The molecule has 8 nitrogen and oxygen atoms in total. The number of nitro groups is 1. The van der Waals surface area contributed by atoms with Crippen LogP contribution in [0.25, 0.3) is 10.2 Å². The minimum Gasteiger partial charge on any atom is -0.465 e. The number of esters is 1. The van der Waals surface area contributed by atoms with E-state index in [2.05, 4.69) is 4.99 Å². The Morgan fingerprint density at radius 2 is 1.96 bits per heavy atom. The average molecular weight is 399 g/mol. The number of carbonyl (C=O) groups excluding carboxylic acids is 2. The highest BCUT2D eigenvalue weighted by Crippen LogP contribution is 2.23. The predicted molar refractivity (Wildman–Crippen MR) is 104 cm³/mol. The summed E-state index contributed by atoms with van der Waals surface area (Å²) in [6, 6.07) is 13.5. The normalized spacial score (nSPS) is 11.5. The Bertz CT molecular complexity index is 1100. The second kappa shape index (κ2) is 8.57. The van der Waals surface area contributed by atoms with Gasteiger partial charge in [-0.1, -0.05) is 41.7 Å². The monoisotopic (exact) mass is 399 g/mol. The van der Waals surface area contributed by atoms with Crippen LogP contribution >= 0.6 is 11.3 Å². The van der Waals surface area contributed by atoms with Gasteiger partial charge >= 0.3 is 5.97 Å². The lowest BCUT2D eigenvalue weighted by Crippen LogP contribution is -2.23. The third-order valence-electron chi connectivity index (χ3n) is 3.89. The van der Waals surface area contributed by atoms with Crippen molar-refractivity contribution < 1.29 is 19.2 Å². The number of nitro benzene ring substituents is 1. The van der Waals surface area contributed by atoms with Gasteiger partial charge in [-0.25, -0.2) is 0 Å². The number of non-ortho nitro benzene ring substituents is 1. The van der Waals surface area contributed by atoms with Gasteiger partial charge < -0.3 is 9.30 Å². The molecule has 0 saturated heterocycles. The SMILES string of the molecule is CCOC(=O)Cn1c(=NC(=O)Cc2ccccc2)sc2cc([N+](=O)[O-])ccc21. The first kappa shape index (κ1) is 19.4. The molecule has 0 N–H and O–H groups in total. The van der Waals surface area contributed by atoms with Crippen LogP contribution in [0.4, 0.5) is 5.69 Å². The highest BCUT2D eigenvalue weighted by molar-refractivity contribution is 7.16. The Morgan fingerprint density at radius 3 is 2.64 bits per heavy atom. The Morgan fingerprint density at radius 1 is 1.21 bits per heavy atom. The summed E-state index contributed by atoms with van der Waals surface area (Å²) < 4.78 is 7.10. The number of aromatic nitrogens is 1. The molecule has 3 rings (SSSR count). The number of fused-ring (bicyclic) bond motifs is 1. The van der Waals surface area contributed by atoms with Crippen LogP contribution in [0.1, 0.15) is 12.5 Å². The third-order valence-corrected chi connectivity index (χ3v) is 4.93. The Balaban J connectivity index is 2.04. The number of hydrogen-bond donors (Lipinski definition) is 0. The lowest BCUT2D eigenvalue weighted by Gasteiger charge is -2.05. The molecule has 0 unspecified atom stereocenters. The first-order valence-corrected chi connectivity index (χ1v) is 9.34. The highest BCUT2D eigenvalue weighted by Gasteiger charge is 2.15. The van der Waals surface area contributed by atoms with Gasteiger partial charge in [0.05, 0.1) is 28.2 Å². The summed E-state index contributed by atoms with van der Waals surface area (Å²) in [7, 11) is 0. The van der Waals surface area contributed by atoms with Crippen molar-refractivity contribution in [2.45, 2.75) is 19.9 Å². The topological polar surface area (TPSA) is 104 Å². The molecule has 9 heteroatoms. The Hall–Kier alpha value is -3.33. The molecule has 3 aromatic rings. The van der Waals surface area contributed by atoms with Gasteiger partial charge in [0, 0.05) is 12.1 Å². The van der Waals surface area contributed by atoms with Crippen LogP contribution in [0.2, 0.25) is 0 Å². The lowest BCUT2D eigenvalue weighted by molar-refractivity contribution is -0.384. The number of nitrogens with zero attached hydrogens (tertiary/aromatic N) is 3. The van der Waals surface area contributed by atoms with Gasteiger partial charge in [-0.2, -0.15) is 4.99 Å². The van der Waals surface area contributed by atoms with Crippen LogP contribution < -0.4 is 4.80 Å². The van der Waals surface area contributed by atoms with Crippen molar-refractivity contribution in [3.8, 4) is 0 Å². The van der Waals surface area contributed by atoms with Crippen molar-refractivity contribution >= 4 is 39.1 Å².